The number of alkyl halides is 3. The molecule has 1 aromatic rings. The molecule has 6 heteroatoms. The minimum Gasteiger partial charge on any atom is -0.379 e. The van der Waals surface area contributed by atoms with Gasteiger partial charge in [0, 0.05) is 12.1 Å². The predicted molar refractivity (Wildman–Crippen MR) is 54.4 cm³/mol. The van der Waals surface area contributed by atoms with Crippen molar-refractivity contribution in [2.75, 3.05) is 5.32 Å². The van der Waals surface area contributed by atoms with Crippen molar-refractivity contribution in [1.82, 2.24) is 0 Å². The van der Waals surface area contributed by atoms with E-state index in [1.807, 2.05) is 0 Å². The molecule has 1 aromatic carbocycles. The molecule has 1 unspecified atom stereocenters. The summed E-state index contributed by atoms with van der Waals surface area (Å²) in [6, 6.07) is 3.84. The zero-order valence-electron chi connectivity index (χ0n) is 8.71. The number of aliphatic hydroxyl groups is 1. The molecule has 1 heterocycles. The number of fused-ring (bicyclic) bond motifs is 1. The summed E-state index contributed by atoms with van der Waals surface area (Å²) >= 11 is 0. The van der Waals surface area contributed by atoms with E-state index < -0.39 is 12.3 Å². The van der Waals surface area contributed by atoms with Gasteiger partial charge in [-0.15, -0.1) is 0 Å². The Balaban J connectivity index is 2.31. The molecule has 0 fully saturated rings. The number of anilines is 1. The van der Waals surface area contributed by atoms with Crippen molar-refractivity contribution in [3.05, 3.63) is 29.3 Å². The maximum Gasteiger partial charge on any atom is 0.418 e. The molecule has 1 amide bonds. The molecule has 1 aliphatic rings. The van der Waals surface area contributed by atoms with Gasteiger partial charge in [-0.3, -0.25) is 4.79 Å². The average Bonchev–Trinajstić information content (AvgIpc) is 2.26. The van der Waals surface area contributed by atoms with Crippen LogP contribution in [0.3, 0.4) is 0 Å². The van der Waals surface area contributed by atoms with Crippen LogP contribution in [-0.4, -0.2) is 17.2 Å². The predicted octanol–water partition coefficient (Wildman–Crippen LogP) is 2.17. The Morgan fingerprint density at radius 3 is 2.65 bits per heavy atom. The van der Waals surface area contributed by atoms with E-state index in [9.17, 15) is 18.0 Å². The number of halogens is 3. The third kappa shape index (κ3) is 2.41. The summed E-state index contributed by atoms with van der Waals surface area (Å²) in [5, 5.41) is 11.7. The number of aryl methyl sites for hydroxylation is 1. The third-order valence-electron chi connectivity index (χ3n) is 2.65. The number of carbonyl (C=O) groups is 1. The van der Waals surface area contributed by atoms with E-state index in [1.165, 1.54) is 18.2 Å². The summed E-state index contributed by atoms with van der Waals surface area (Å²) in [5.41, 5.74) is 0.928. The highest BCUT2D eigenvalue weighted by Crippen LogP contribution is 2.34. The lowest BCUT2D eigenvalue weighted by atomic mass is 9.98. The normalized spacial score (nSPS) is 17.3. The van der Waals surface area contributed by atoms with Crippen LogP contribution in [0.15, 0.2) is 18.2 Å². The molecular formula is C11H10F3NO2. The molecular weight excluding hydrogens is 235 g/mol. The SMILES string of the molecule is O=C1CCc2cc(C(O)C(F)(F)F)ccc2N1. The van der Waals surface area contributed by atoms with Gasteiger partial charge in [0.05, 0.1) is 0 Å². The number of nitrogens with one attached hydrogen (secondary N) is 1. The second-order valence-electron chi connectivity index (χ2n) is 3.91. The van der Waals surface area contributed by atoms with Crippen molar-refractivity contribution in [2.24, 2.45) is 0 Å². The fourth-order valence-corrected chi connectivity index (χ4v) is 1.76. The first-order valence-electron chi connectivity index (χ1n) is 5.05. The van der Waals surface area contributed by atoms with E-state index in [2.05, 4.69) is 5.32 Å². The summed E-state index contributed by atoms with van der Waals surface area (Å²) in [7, 11) is 0. The van der Waals surface area contributed by atoms with Gasteiger partial charge in [0.2, 0.25) is 5.91 Å². The van der Waals surface area contributed by atoms with Gasteiger partial charge in [-0.1, -0.05) is 12.1 Å². The highest BCUT2D eigenvalue weighted by Gasteiger charge is 2.39. The number of hydrogen-bond acceptors (Lipinski definition) is 2. The van der Waals surface area contributed by atoms with Crippen LogP contribution in [0.2, 0.25) is 0 Å². The van der Waals surface area contributed by atoms with Crippen molar-refractivity contribution in [3.8, 4) is 0 Å². The lowest BCUT2D eigenvalue weighted by Gasteiger charge is -2.20. The van der Waals surface area contributed by atoms with E-state index in [1.54, 1.807) is 0 Å². The molecule has 2 rings (SSSR count). The lowest BCUT2D eigenvalue weighted by molar-refractivity contribution is -0.206. The fraction of sp³-hybridized carbons (Fsp3) is 0.364. The molecule has 3 nitrogen and oxygen atoms in total. The van der Waals surface area contributed by atoms with E-state index in [4.69, 9.17) is 5.11 Å². The second-order valence-corrected chi connectivity index (χ2v) is 3.91. The van der Waals surface area contributed by atoms with Gasteiger partial charge in [0.15, 0.2) is 6.10 Å². The van der Waals surface area contributed by atoms with Gasteiger partial charge >= 0.3 is 6.18 Å². The maximum absolute atomic E-state index is 12.3. The zero-order chi connectivity index (χ0) is 12.6. The van der Waals surface area contributed by atoms with E-state index in [0.29, 0.717) is 17.7 Å². The number of carbonyl (C=O) groups excluding carboxylic acids is 1. The molecule has 0 saturated carbocycles. The molecule has 0 radical (unpaired) electrons. The maximum atomic E-state index is 12.3. The van der Waals surface area contributed by atoms with Crippen LogP contribution in [0, 0.1) is 0 Å². The number of amides is 1. The van der Waals surface area contributed by atoms with E-state index in [-0.39, 0.29) is 17.9 Å². The van der Waals surface area contributed by atoms with Crippen LogP contribution in [-0.2, 0) is 11.2 Å². The second kappa shape index (κ2) is 4.03. The first-order valence-corrected chi connectivity index (χ1v) is 5.05. The Kier molecular flexibility index (Phi) is 2.82. The van der Waals surface area contributed by atoms with Crippen LogP contribution in [0.1, 0.15) is 23.7 Å². The van der Waals surface area contributed by atoms with Gasteiger partial charge in [0.1, 0.15) is 0 Å². The van der Waals surface area contributed by atoms with Gasteiger partial charge in [-0.25, -0.2) is 0 Å². The smallest absolute Gasteiger partial charge is 0.379 e. The summed E-state index contributed by atoms with van der Waals surface area (Å²) in [6.45, 7) is 0. The van der Waals surface area contributed by atoms with Gasteiger partial charge < -0.3 is 10.4 Å². The Bertz CT molecular complexity index is 457. The van der Waals surface area contributed by atoms with Crippen LogP contribution >= 0.6 is 0 Å². The largest absolute Gasteiger partial charge is 0.418 e. The summed E-state index contributed by atoms with van der Waals surface area (Å²) in [4.78, 5) is 11.1. The average molecular weight is 245 g/mol. The summed E-state index contributed by atoms with van der Waals surface area (Å²) in [6.07, 6.45) is -6.52. The van der Waals surface area contributed by atoms with Crippen LogP contribution in [0.25, 0.3) is 0 Å². The molecule has 92 valence electrons. The number of benzene rings is 1. The molecule has 0 spiro atoms. The van der Waals surface area contributed by atoms with Crippen molar-refractivity contribution >= 4 is 11.6 Å². The monoisotopic (exact) mass is 245 g/mol. The zero-order valence-corrected chi connectivity index (χ0v) is 8.71. The van der Waals surface area contributed by atoms with Crippen LogP contribution < -0.4 is 5.32 Å². The highest BCUT2D eigenvalue weighted by atomic mass is 19.4. The van der Waals surface area contributed by atoms with Crippen LogP contribution in [0.4, 0.5) is 18.9 Å². The number of aliphatic hydroxyl groups excluding tert-OH is 1. The molecule has 0 saturated heterocycles. The minimum absolute atomic E-state index is 0.151. The quantitative estimate of drug-likeness (QED) is 0.796. The first kappa shape index (κ1) is 11.9. The topological polar surface area (TPSA) is 49.3 Å². The van der Waals surface area contributed by atoms with E-state index >= 15 is 0 Å². The van der Waals surface area contributed by atoms with Crippen molar-refractivity contribution < 1.29 is 23.1 Å². The molecule has 0 bridgehead atoms. The van der Waals surface area contributed by atoms with Gasteiger partial charge in [-0.05, 0) is 23.6 Å². The van der Waals surface area contributed by atoms with Crippen LogP contribution in [0.5, 0.6) is 0 Å². The van der Waals surface area contributed by atoms with E-state index in [0.717, 1.165) is 0 Å². The number of rotatable bonds is 1. The standard InChI is InChI=1S/C11H10F3NO2/c12-11(13,14)10(17)7-1-3-8-6(5-7)2-4-9(16)15-8/h1,3,5,10,17H,2,4H2,(H,15,16). The molecule has 2 N–H and O–H groups in total. The molecule has 0 aromatic heterocycles. The summed E-state index contributed by atoms with van der Waals surface area (Å²) < 4.78 is 36.9. The number of hydrogen-bond donors (Lipinski definition) is 2. The Hall–Kier alpha value is -1.56. The minimum atomic E-state index is -4.67. The molecule has 0 aliphatic carbocycles. The Morgan fingerprint density at radius 1 is 1.29 bits per heavy atom. The van der Waals surface area contributed by atoms with Crippen molar-refractivity contribution in [1.29, 1.82) is 0 Å². The Labute approximate surface area is 95.3 Å². The summed E-state index contributed by atoms with van der Waals surface area (Å²) in [5.74, 6) is -0.151. The lowest BCUT2D eigenvalue weighted by Crippen LogP contribution is -2.22. The molecule has 17 heavy (non-hydrogen) atoms. The Morgan fingerprint density at radius 2 is 2.00 bits per heavy atom. The third-order valence-corrected chi connectivity index (χ3v) is 2.65. The first-order chi connectivity index (χ1) is 7.88. The molecule has 1 atom stereocenters. The highest BCUT2D eigenvalue weighted by molar-refractivity contribution is 5.93. The van der Waals surface area contributed by atoms with Crippen molar-refractivity contribution in [2.45, 2.75) is 25.1 Å². The fourth-order valence-electron chi connectivity index (χ4n) is 1.76. The van der Waals surface area contributed by atoms with Gasteiger partial charge in [-0.2, -0.15) is 13.2 Å². The van der Waals surface area contributed by atoms with Crippen molar-refractivity contribution in [3.63, 3.8) is 0 Å². The van der Waals surface area contributed by atoms with Gasteiger partial charge in [0.25, 0.3) is 0 Å². The molecule has 1 aliphatic heterocycles.